The molecule has 0 radical (unpaired) electrons. The molecule has 1 saturated heterocycles. The Morgan fingerprint density at radius 2 is 2.23 bits per heavy atom. The van der Waals surface area contributed by atoms with E-state index in [-0.39, 0.29) is 0 Å². The molecule has 0 amide bonds. The predicted molar refractivity (Wildman–Crippen MR) is 58.7 cm³/mol. The Bertz CT molecular complexity index is 292. The summed E-state index contributed by atoms with van der Waals surface area (Å²) >= 11 is 2.26. The van der Waals surface area contributed by atoms with Crippen molar-refractivity contribution in [1.82, 2.24) is 9.78 Å². The lowest BCUT2D eigenvalue weighted by Crippen LogP contribution is -2.16. The third-order valence-electron chi connectivity index (χ3n) is 2.53. The van der Waals surface area contributed by atoms with Crippen molar-refractivity contribution in [2.45, 2.75) is 18.8 Å². The Labute approximate surface area is 91.6 Å². The van der Waals surface area contributed by atoms with Crippen molar-refractivity contribution in [1.29, 1.82) is 0 Å². The van der Waals surface area contributed by atoms with E-state index in [0.29, 0.717) is 5.92 Å². The van der Waals surface area contributed by atoms with Crippen molar-refractivity contribution in [3.05, 3.63) is 15.5 Å². The van der Waals surface area contributed by atoms with Gasteiger partial charge in [0, 0.05) is 31.9 Å². The summed E-state index contributed by atoms with van der Waals surface area (Å²) in [6.45, 7) is 1.79. The number of nitrogens with zero attached hydrogens (tertiary/aromatic N) is 2. The Balaban J connectivity index is 2.18. The van der Waals surface area contributed by atoms with Crippen molar-refractivity contribution < 1.29 is 4.74 Å². The molecule has 0 aliphatic carbocycles. The monoisotopic (exact) mass is 292 g/mol. The van der Waals surface area contributed by atoms with Gasteiger partial charge in [0.15, 0.2) is 0 Å². The van der Waals surface area contributed by atoms with Crippen LogP contribution in [0.5, 0.6) is 0 Å². The zero-order chi connectivity index (χ0) is 9.26. The molecule has 13 heavy (non-hydrogen) atoms. The van der Waals surface area contributed by atoms with Gasteiger partial charge in [-0.05, 0) is 41.5 Å². The van der Waals surface area contributed by atoms with Gasteiger partial charge in [-0.25, -0.2) is 0 Å². The molecule has 3 nitrogen and oxygen atoms in total. The first kappa shape index (κ1) is 9.45. The van der Waals surface area contributed by atoms with E-state index in [1.807, 2.05) is 11.7 Å². The average Bonchev–Trinajstić information content (AvgIpc) is 2.47. The van der Waals surface area contributed by atoms with Gasteiger partial charge in [0.05, 0.1) is 0 Å². The molecule has 0 N–H and O–H groups in total. The smallest absolute Gasteiger partial charge is 0.123 e. The SMILES string of the molecule is Cn1nc(I)cc1C1CCOCC1. The first-order valence-corrected chi connectivity index (χ1v) is 5.62. The van der Waals surface area contributed by atoms with E-state index in [4.69, 9.17) is 4.74 Å². The van der Waals surface area contributed by atoms with Crippen LogP contribution >= 0.6 is 22.6 Å². The zero-order valence-corrected chi connectivity index (χ0v) is 9.82. The molecule has 72 valence electrons. The van der Waals surface area contributed by atoms with Gasteiger partial charge in [0.25, 0.3) is 0 Å². The lowest BCUT2D eigenvalue weighted by Gasteiger charge is -2.21. The number of aromatic nitrogens is 2. The standard InChI is InChI=1S/C9H13IN2O/c1-12-8(6-9(10)11-12)7-2-4-13-5-3-7/h6-7H,2-5H2,1H3. The van der Waals surface area contributed by atoms with Crippen LogP contribution in [0.4, 0.5) is 0 Å². The van der Waals surface area contributed by atoms with E-state index in [9.17, 15) is 0 Å². The van der Waals surface area contributed by atoms with Crippen LogP contribution in [0.15, 0.2) is 6.07 Å². The molecule has 1 aliphatic heterocycles. The topological polar surface area (TPSA) is 27.1 Å². The fourth-order valence-electron chi connectivity index (χ4n) is 1.82. The minimum atomic E-state index is 0.648. The predicted octanol–water partition coefficient (Wildman–Crippen LogP) is 1.92. The largest absolute Gasteiger partial charge is 0.381 e. The normalized spacial score (nSPS) is 19.2. The Morgan fingerprint density at radius 1 is 1.54 bits per heavy atom. The molecule has 0 aromatic carbocycles. The highest BCUT2D eigenvalue weighted by Crippen LogP contribution is 2.27. The Kier molecular flexibility index (Phi) is 2.88. The molecule has 0 saturated carbocycles. The maximum Gasteiger partial charge on any atom is 0.123 e. The molecule has 0 unspecified atom stereocenters. The van der Waals surface area contributed by atoms with Crippen LogP contribution in [0.25, 0.3) is 0 Å². The quantitative estimate of drug-likeness (QED) is 0.739. The van der Waals surface area contributed by atoms with Crippen molar-refractivity contribution in [2.75, 3.05) is 13.2 Å². The van der Waals surface area contributed by atoms with Gasteiger partial charge in [-0.15, -0.1) is 0 Å². The van der Waals surface area contributed by atoms with Gasteiger partial charge in [0.2, 0.25) is 0 Å². The molecule has 0 atom stereocenters. The summed E-state index contributed by atoms with van der Waals surface area (Å²) in [7, 11) is 2.02. The van der Waals surface area contributed by atoms with E-state index in [1.54, 1.807) is 0 Å². The van der Waals surface area contributed by atoms with Crippen LogP contribution in [-0.4, -0.2) is 23.0 Å². The van der Waals surface area contributed by atoms with Crippen molar-refractivity contribution in [3.63, 3.8) is 0 Å². The van der Waals surface area contributed by atoms with E-state index in [0.717, 1.165) is 29.8 Å². The summed E-state index contributed by atoms with van der Waals surface area (Å²) < 4.78 is 8.42. The van der Waals surface area contributed by atoms with Crippen LogP contribution in [-0.2, 0) is 11.8 Å². The molecule has 1 aromatic heterocycles. The summed E-state index contributed by atoms with van der Waals surface area (Å²) in [6.07, 6.45) is 2.27. The maximum absolute atomic E-state index is 5.34. The van der Waals surface area contributed by atoms with Gasteiger partial charge >= 0.3 is 0 Å². The third-order valence-corrected chi connectivity index (χ3v) is 3.05. The van der Waals surface area contributed by atoms with Gasteiger partial charge in [-0.3, -0.25) is 4.68 Å². The minimum Gasteiger partial charge on any atom is -0.381 e. The third kappa shape index (κ3) is 2.04. The van der Waals surface area contributed by atoms with Crippen LogP contribution < -0.4 is 0 Å². The fraction of sp³-hybridized carbons (Fsp3) is 0.667. The molecule has 2 rings (SSSR count). The molecule has 1 aromatic rings. The fourth-order valence-corrected chi connectivity index (χ4v) is 2.46. The number of aryl methyl sites for hydroxylation is 1. The summed E-state index contributed by atoms with van der Waals surface area (Å²) in [5, 5.41) is 4.35. The second-order valence-electron chi connectivity index (χ2n) is 3.40. The summed E-state index contributed by atoms with van der Waals surface area (Å²) in [6, 6.07) is 2.18. The summed E-state index contributed by atoms with van der Waals surface area (Å²) in [5.74, 6) is 0.648. The van der Waals surface area contributed by atoms with Crippen molar-refractivity contribution >= 4 is 22.6 Å². The first-order valence-electron chi connectivity index (χ1n) is 4.54. The number of hydrogen-bond donors (Lipinski definition) is 0. The van der Waals surface area contributed by atoms with Crippen LogP contribution in [0, 0.1) is 3.70 Å². The lowest BCUT2D eigenvalue weighted by molar-refractivity contribution is 0.0837. The van der Waals surface area contributed by atoms with Crippen molar-refractivity contribution in [3.8, 4) is 0 Å². The second kappa shape index (κ2) is 3.96. The number of rotatable bonds is 1. The van der Waals surface area contributed by atoms with E-state index < -0.39 is 0 Å². The zero-order valence-electron chi connectivity index (χ0n) is 7.66. The highest BCUT2D eigenvalue weighted by Gasteiger charge is 2.19. The molecule has 4 heteroatoms. The van der Waals surface area contributed by atoms with Gasteiger partial charge in [-0.2, -0.15) is 5.10 Å². The Morgan fingerprint density at radius 3 is 2.77 bits per heavy atom. The minimum absolute atomic E-state index is 0.648. The molecule has 0 spiro atoms. The number of hydrogen-bond acceptors (Lipinski definition) is 2. The molecular weight excluding hydrogens is 279 g/mol. The number of halogens is 1. The van der Waals surface area contributed by atoms with Crippen LogP contribution in [0.1, 0.15) is 24.5 Å². The molecule has 1 fully saturated rings. The van der Waals surface area contributed by atoms with Crippen molar-refractivity contribution in [2.24, 2.45) is 7.05 Å². The van der Waals surface area contributed by atoms with E-state index in [1.165, 1.54) is 5.69 Å². The second-order valence-corrected chi connectivity index (χ2v) is 4.51. The summed E-state index contributed by atoms with van der Waals surface area (Å²) in [4.78, 5) is 0. The molecule has 1 aliphatic rings. The highest BCUT2D eigenvalue weighted by molar-refractivity contribution is 14.1. The van der Waals surface area contributed by atoms with Crippen LogP contribution in [0.3, 0.4) is 0 Å². The number of ether oxygens (including phenoxy) is 1. The van der Waals surface area contributed by atoms with E-state index >= 15 is 0 Å². The average molecular weight is 292 g/mol. The highest BCUT2D eigenvalue weighted by atomic mass is 127. The lowest BCUT2D eigenvalue weighted by atomic mass is 9.97. The summed E-state index contributed by atoms with van der Waals surface area (Å²) in [5.41, 5.74) is 1.35. The van der Waals surface area contributed by atoms with Gasteiger partial charge in [-0.1, -0.05) is 0 Å². The molecule has 0 bridgehead atoms. The van der Waals surface area contributed by atoms with Crippen LogP contribution in [0.2, 0.25) is 0 Å². The molecule has 2 heterocycles. The Hall–Kier alpha value is -0.100. The van der Waals surface area contributed by atoms with Gasteiger partial charge < -0.3 is 4.74 Å². The molecular formula is C9H13IN2O. The first-order chi connectivity index (χ1) is 6.27. The van der Waals surface area contributed by atoms with E-state index in [2.05, 4.69) is 33.8 Å². The van der Waals surface area contributed by atoms with Gasteiger partial charge in [0.1, 0.15) is 3.70 Å². The maximum atomic E-state index is 5.34.